The molecule has 0 bridgehead atoms. The molecule has 4 nitrogen and oxygen atoms in total. The molecule has 1 amide bonds. The van der Waals surface area contributed by atoms with Gasteiger partial charge in [0.15, 0.2) is 0 Å². The van der Waals surface area contributed by atoms with Crippen molar-refractivity contribution in [3.63, 3.8) is 0 Å². The Bertz CT molecular complexity index is 643. The predicted octanol–water partition coefficient (Wildman–Crippen LogP) is 3.44. The first-order chi connectivity index (χ1) is 9.52. The van der Waals surface area contributed by atoms with Crippen molar-refractivity contribution < 1.29 is 14.6 Å². The zero-order valence-corrected chi connectivity index (χ0v) is 12.7. The molecule has 20 heavy (non-hydrogen) atoms. The van der Waals surface area contributed by atoms with E-state index >= 15 is 0 Å². The Morgan fingerprint density at radius 2 is 2.00 bits per heavy atom. The van der Waals surface area contributed by atoms with Crippen molar-refractivity contribution in [1.82, 2.24) is 0 Å². The minimum absolute atomic E-state index is 0.123. The smallest absolute Gasteiger partial charge is 0.258 e. The van der Waals surface area contributed by atoms with E-state index in [9.17, 15) is 9.90 Å². The van der Waals surface area contributed by atoms with Gasteiger partial charge < -0.3 is 14.7 Å². The van der Waals surface area contributed by atoms with Crippen molar-refractivity contribution in [3.8, 4) is 11.5 Å². The molecule has 2 aromatic rings. The molecule has 0 saturated heterocycles. The molecule has 104 valence electrons. The van der Waals surface area contributed by atoms with Crippen LogP contribution in [0.15, 0.2) is 46.9 Å². The fraction of sp³-hybridized carbons (Fsp3) is 0.133. The van der Waals surface area contributed by atoms with Gasteiger partial charge in [0.25, 0.3) is 5.91 Å². The van der Waals surface area contributed by atoms with Gasteiger partial charge in [0.2, 0.25) is 0 Å². The molecule has 0 saturated carbocycles. The quantitative estimate of drug-likeness (QED) is 0.934. The van der Waals surface area contributed by atoms with Crippen molar-refractivity contribution >= 4 is 27.5 Å². The topological polar surface area (TPSA) is 49.8 Å². The molecular weight excluding hydrogens is 322 g/mol. The van der Waals surface area contributed by atoms with Crippen LogP contribution in [-0.2, 0) is 0 Å². The van der Waals surface area contributed by atoms with Gasteiger partial charge >= 0.3 is 0 Å². The summed E-state index contributed by atoms with van der Waals surface area (Å²) in [4.78, 5) is 13.9. The minimum atomic E-state index is -0.168. The fourth-order valence-corrected chi connectivity index (χ4v) is 2.35. The van der Waals surface area contributed by atoms with Crippen LogP contribution >= 0.6 is 15.9 Å². The maximum atomic E-state index is 12.4. The lowest BCUT2D eigenvalue weighted by Crippen LogP contribution is -2.26. The molecule has 0 aliphatic rings. The van der Waals surface area contributed by atoms with Gasteiger partial charge in [0, 0.05) is 24.4 Å². The number of benzene rings is 2. The summed E-state index contributed by atoms with van der Waals surface area (Å²) in [6.07, 6.45) is 0. The number of halogens is 1. The number of hydrogen-bond acceptors (Lipinski definition) is 3. The molecule has 0 unspecified atom stereocenters. The Kier molecular flexibility index (Phi) is 4.29. The van der Waals surface area contributed by atoms with E-state index in [0.717, 1.165) is 4.47 Å². The highest BCUT2D eigenvalue weighted by atomic mass is 79.9. The molecule has 0 fully saturated rings. The standard InChI is InChI=1S/C15H14BrNO3/c1-17(11-4-3-5-12(18)9-11)15(19)10-6-7-14(20-2)13(16)8-10/h3-9,18H,1-2H3. The van der Waals surface area contributed by atoms with Crippen LogP contribution in [-0.4, -0.2) is 25.2 Å². The monoisotopic (exact) mass is 335 g/mol. The summed E-state index contributed by atoms with van der Waals surface area (Å²) < 4.78 is 5.85. The molecule has 0 aliphatic carbocycles. The van der Waals surface area contributed by atoms with Crippen LogP contribution in [0.4, 0.5) is 5.69 Å². The minimum Gasteiger partial charge on any atom is -0.508 e. The van der Waals surface area contributed by atoms with Crippen LogP contribution in [0.3, 0.4) is 0 Å². The number of aromatic hydroxyl groups is 1. The Morgan fingerprint density at radius 3 is 2.60 bits per heavy atom. The van der Waals surface area contributed by atoms with E-state index in [1.54, 1.807) is 50.6 Å². The number of phenols is 1. The van der Waals surface area contributed by atoms with E-state index in [1.165, 1.54) is 11.0 Å². The number of anilines is 1. The van der Waals surface area contributed by atoms with E-state index in [2.05, 4.69) is 15.9 Å². The second-order valence-electron chi connectivity index (χ2n) is 4.23. The van der Waals surface area contributed by atoms with Crippen molar-refractivity contribution in [2.45, 2.75) is 0 Å². The summed E-state index contributed by atoms with van der Waals surface area (Å²) in [5, 5.41) is 9.46. The number of amides is 1. The van der Waals surface area contributed by atoms with Crippen LogP contribution < -0.4 is 9.64 Å². The average molecular weight is 336 g/mol. The molecular formula is C15H14BrNO3. The van der Waals surface area contributed by atoms with Gasteiger partial charge in [-0.05, 0) is 46.3 Å². The number of ether oxygens (including phenoxy) is 1. The molecule has 0 spiro atoms. The van der Waals surface area contributed by atoms with Crippen molar-refractivity contribution in [1.29, 1.82) is 0 Å². The second-order valence-corrected chi connectivity index (χ2v) is 5.09. The zero-order valence-electron chi connectivity index (χ0n) is 11.1. The van der Waals surface area contributed by atoms with Crippen LogP contribution in [0, 0.1) is 0 Å². The van der Waals surface area contributed by atoms with E-state index in [1.807, 2.05) is 0 Å². The predicted molar refractivity (Wildman–Crippen MR) is 81.5 cm³/mol. The zero-order chi connectivity index (χ0) is 14.7. The number of carbonyl (C=O) groups is 1. The summed E-state index contributed by atoms with van der Waals surface area (Å²) in [5.74, 6) is 0.624. The first-order valence-electron chi connectivity index (χ1n) is 5.93. The largest absolute Gasteiger partial charge is 0.508 e. The van der Waals surface area contributed by atoms with Gasteiger partial charge in [-0.2, -0.15) is 0 Å². The number of phenolic OH excluding ortho intramolecular Hbond substituents is 1. The molecule has 1 N–H and O–H groups in total. The van der Waals surface area contributed by atoms with Gasteiger partial charge in [0.1, 0.15) is 11.5 Å². The molecule has 0 radical (unpaired) electrons. The Balaban J connectivity index is 2.29. The lowest BCUT2D eigenvalue weighted by molar-refractivity contribution is 0.0993. The number of hydrogen-bond donors (Lipinski definition) is 1. The maximum absolute atomic E-state index is 12.4. The third-order valence-electron chi connectivity index (χ3n) is 2.92. The van der Waals surface area contributed by atoms with Crippen molar-refractivity contribution in [2.75, 3.05) is 19.1 Å². The van der Waals surface area contributed by atoms with Gasteiger partial charge in [-0.1, -0.05) is 6.07 Å². The third-order valence-corrected chi connectivity index (χ3v) is 3.54. The molecule has 0 aromatic heterocycles. The SMILES string of the molecule is COc1ccc(C(=O)N(C)c2cccc(O)c2)cc1Br. The molecule has 0 aliphatic heterocycles. The van der Waals surface area contributed by atoms with Gasteiger partial charge in [0.05, 0.1) is 11.6 Å². The summed E-state index contributed by atoms with van der Waals surface area (Å²) in [7, 11) is 3.23. The lowest BCUT2D eigenvalue weighted by atomic mass is 10.2. The van der Waals surface area contributed by atoms with Crippen molar-refractivity contribution in [2.24, 2.45) is 0 Å². The van der Waals surface area contributed by atoms with E-state index < -0.39 is 0 Å². The van der Waals surface area contributed by atoms with E-state index in [4.69, 9.17) is 4.74 Å². The molecule has 0 atom stereocenters. The van der Waals surface area contributed by atoms with Gasteiger partial charge in [-0.3, -0.25) is 4.79 Å². The van der Waals surface area contributed by atoms with Gasteiger partial charge in [-0.25, -0.2) is 0 Å². The summed E-state index contributed by atoms with van der Waals surface area (Å²) in [6.45, 7) is 0. The normalized spacial score (nSPS) is 10.2. The molecule has 2 rings (SSSR count). The van der Waals surface area contributed by atoms with Gasteiger partial charge in [-0.15, -0.1) is 0 Å². The third kappa shape index (κ3) is 2.93. The highest BCUT2D eigenvalue weighted by molar-refractivity contribution is 9.10. The number of nitrogens with zero attached hydrogens (tertiary/aromatic N) is 1. The van der Waals surface area contributed by atoms with E-state index in [0.29, 0.717) is 17.0 Å². The van der Waals surface area contributed by atoms with E-state index in [-0.39, 0.29) is 11.7 Å². The second kappa shape index (κ2) is 5.96. The lowest BCUT2D eigenvalue weighted by Gasteiger charge is -2.18. The Hall–Kier alpha value is -2.01. The summed E-state index contributed by atoms with van der Waals surface area (Å²) >= 11 is 3.36. The fourth-order valence-electron chi connectivity index (χ4n) is 1.81. The van der Waals surface area contributed by atoms with Crippen LogP contribution in [0.5, 0.6) is 11.5 Å². The average Bonchev–Trinajstić information content (AvgIpc) is 2.45. The van der Waals surface area contributed by atoms with Crippen LogP contribution in [0.1, 0.15) is 10.4 Å². The molecule has 5 heteroatoms. The van der Waals surface area contributed by atoms with Crippen molar-refractivity contribution in [3.05, 3.63) is 52.5 Å². The number of carbonyl (C=O) groups excluding carboxylic acids is 1. The first-order valence-corrected chi connectivity index (χ1v) is 6.73. The Labute approximate surface area is 125 Å². The summed E-state index contributed by atoms with van der Waals surface area (Å²) in [6, 6.07) is 11.7. The highest BCUT2D eigenvalue weighted by Gasteiger charge is 2.15. The Morgan fingerprint density at radius 1 is 1.25 bits per heavy atom. The highest BCUT2D eigenvalue weighted by Crippen LogP contribution is 2.27. The first kappa shape index (κ1) is 14.4. The number of methoxy groups -OCH3 is 1. The maximum Gasteiger partial charge on any atom is 0.258 e. The summed E-state index contributed by atoms with van der Waals surface area (Å²) in [5.41, 5.74) is 1.16. The molecule has 2 aromatic carbocycles. The number of rotatable bonds is 3. The van der Waals surface area contributed by atoms with Crippen LogP contribution in [0.2, 0.25) is 0 Å². The van der Waals surface area contributed by atoms with Crippen LogP contribution in [0.25, 0.3) is 0 Å². The molecule has 0 heterocycles.